The van der Waals surface area contributed by atoms with Crippen molar-refractivity contribution >= 4 is 17.7 Å². The Bertz CT molecular complexity index is 288. The van der Waals surface area contributed by atoms with E-state index >= 15 is 0 Å². The van der Waals surface area contributed by atoms with Crippen LogP contribution in [0.3, 0.4) is 0 Å². The molecule has 1 rings (SSSR count). The van der Waals surface area contributed by atoms with Crippen LogP contribution in [0.5, 0.6) is 0 Å². The van der Waals surface area contributed by atoms with E-state index in [-0.39, 0.29) is 5.97 Å². The Morgan fingerprint density at radius 2 is 2.46 bits per heavy atom. The quantitative estimate of drug-likeness (QED) is 0.546. The largest absolute Gasteiger partial charge is 0.464 e. The second kappa shape index (κ2) is 4.32. The monoisotopic (exact) mass is 200 g/mol. The average molecular weight is 200 g/mol. The van der Waals surface area contributed by atoms with Crippen LogP contribution in [0.25, 0.3) is 0 Å². The minimum Gasteiger partial charge on any atom is -0.464 e. The van der Waals surface area contributed by atoms with Crippen molar-refractivity contribution in [1.29, 1.82) is 0 Å². The number of thioether (sulfide) groups is 1. The summed E-state index contributed by atoms with van der Waals surface area (Å²) in [5.41, 5.74) is 0.539. The molecule has 4 nitrogen and oxygen atoms in total. The molecule has 1 aromatic rings. The molecule has 0 saturated heterocycles. The number of aryl methyl sites for hydroxylation is 1. The van der Waals surface area contributed by atoms with Gasteiger partial charge >= 0.3 is 5.97 Å². The Kier molecular flexibility index (Phi) is 3.36. The minimum atomic E-state index is -0.330. The number of rotatable bonds is 3. The predicted molar refractivity (Wildman–Crippen MR) is 51.0 cm³/mol. The third kappa shape index (κ3) is 1.85. The van der Waals surface area contributed by atoms with Crippen LogP contribution < -0.4 is 0 Å². The third-order valence-electron chi connectivity index (χ3n) is 1.72. The first-order valence-corrected chi connectivity index (χ1v) is 5.14. The Morgan fingerprint density at radius 1 is 1.77 bits per heavy atom. The fraction of sp³-hybridized carbons (Fsp3) is 0.500. The van der Waals surface area contributed by atoms with E-state index in [9.17, 15) is 4.79 Å². The Hall–Kier alpha value is -0.970. The number of aromatic nitrogens is 2. The normalized spacial score (nSPS) is 10.1. The van der Waals surface area contributed by atoms with Gasteiger partial charge in [-0.15, -0.1) is 11.8 Å². The topological polar surface area (TPSA) is 44.1 Å². The van der Waals surface area contributed by atoms with Crippen molar-refractivity contribution in [1.82, 2.24) is 9.55 Å². The molecule has 0 saturated carbocycles. The number of carbonyl (C=O) groups is 1. The number of esters is 1. The smallest absolute Gasteiger partial charge is 0.357 e. The molecule has 0 radical (unpaired) electrons. The lowest BCUT2D eigenvalue weighted by atomic mass is 10.4. The van der Waals surface area contributed by atoms with Gasteiger partial charge in [-0.25, -0.2) is 9.78 Å². The molecule has 0 atom stereocenters. The summed E-state index contributed by atoms with van der Waals surface area (Å²) in [5.74, 6) is -0.330. The van der Waals surface area contributed by atoms with Gasteiger partial charge in [-0.2, -0.15) is 0 Å². The van der Waals surface area contributed by atoms with Crippen LogP contribution in [0, 0.1) is 0 Å². The van der Waals surface area contributed by atoms with Gasteiger partial charge in [-0.3, -0.25) is 0 Å². The van der Waals surface area contributed by atoms with E-state index in [1.54, 1.807) is 10.9 Å². The van der Waals surface area contributed by atoms with E-state index < -0.39 is 0 Å². The Morgan fingerprint density at radius 3 is 2.92 bits per heavy atom. The molecule has 0 aliphatic rings. The van der Waals surface area contributed by atoms with E-state index in [4.69, 9.17) is 0 Å². The summed E-state index contributed by atoms with van der Waals surface area (Å²) in [5, 5.41) is 0.716. The summed E-state index contributed by atoms with van der Waals surface area (Å²) < 4.78 is 6.44. The highest BCUT2D eigenvalue weighted by molar-refractivity contribution is 7.98. The van der Waals surface area contributed by atoms with Crippen molar-refractivity contribution in [3.63, 3.8) is 0 Å². The number of hydrogen-bond donors (Lipinski definition) is 0. The van der Waals surface area contributed by atoms with Crippen LogP contribution in [0.1, 0.15) is 17.4 Å². The first-order valence-electron chi connectivity index (χ1n) is 3.92. The molecule has 1 heterocycles. The number of methoxy groups -OCH3 is 1. The van der Waals surface area contributed by atoms with Crippen molar-refractivity contribution in [2.24, 2.45) is 0 Å². The van der Waals surface area contributed by atoms with Crippen LogP contribution in [0.4, 0.5) is 0 Å². The molecule has 0 amide bonds. The second-order valence-electron chi connectivity index (χ2n) is 2.38. The van der Waals surface area contributed by atoms with Gasteiger partial charge in [0.05, 0.1) is 13.4 Å². The lowest BCUT2D eigenvalue weighted by molar-refractivity contribution is 0.0584. The highest BCUT2D eigenvalue weighted by atomic mass is 32.2. The van der Waals surface area contributed by atoms with E-state index in [2.05, 4.69) is 9.72 Å². The molecule has 0 aliphatic carbocycles. The van der Waals surface area contributed by atoms with Gasteiger partial charge in [0, 0.05) is 6.54 Å². The van der Waals surface area contributed by atoms with Gasteiger partial charge in [0.1, 0.15) is 5.03 Å². The van der Waals surface area contributed by atoms with Crippen LogP contribution in [0.2, 0.25) is 0 Å². The minimum absolute atomic E-state index is 0.330. The Balaban J connectivity index is 3.12. The Labute approximate surface area is 81.3 Å². The maximum absolute atomic E-state index is 11.3. The van der Waals surface area contributed by atoms with Gasteiger partial charge in [-0.1, -0.05) is 0 Å². The van der Waals surface area contributed by atoms with Gasteiger partial charge in [-0.05, 0) is 13.2 Å². The molecule has 0 unspecified atom stereocenters. The fourth-order valence-electron chi connectivity index (χ4n) is 1.05. The molecular weight excluding hydrogens is 188 g/mol. The van der Waals surface area contributed by atoms with E-state index in [0.29, 0.717) is 10.7 Å². The summed E-state index contributed by atoms with van der Waals surface area (Å²) in [6, 6.07) is 0. The zero-order chi connectivity index (χ0) is 9.84. The van der Waals surface area contributed by atoms with Gasteiger partial charge in [0.25, 0.3) is 0 Å². The first kappa shape index (κ1) is 10.1. The maximum atomic E-state index is 11.3. The van der Waals surface area contributed by atoms with Crippen LogP contribution >= 0.6 is 11.8 Å². The molecular formula is C8H12N2O2S. The molecule has 0 bridgehead atoms. The van der Waals surface area contributed by atoms with Crippen LogP contribution in [0.15, 0.2) is 11.4 Å². The molecule has 13 heavy (non-hydrogen) atoms. The summed E-state index contributed by atoms with van der Waals surface area (Å²) >= 11 is 1.44. The van der Waals surface area contributed by atoms with Crippen LogP contribution in [-0.4, -0.2) is 28.9 Å². The SMILES string of the molecule is CCn1cnc(SC)c1C(=O)OC. The predicted octanol–water partition coefficient (Wildman–Crippen LogP) is 1.41. The summed E-state index contributed by atoms with van der Waals surface area (Å²) in [7, 11) is 1.37. The number of hydrogen-bond acceptors (Lipinski definition) is 4. The van der Waals surface area contributed by atoms with E-state index in [1.165, 1.54) is 18.9 Å². The number of nitrogens with zero attached hydrogens (tertiary/aromatic N) is 2. The second-order valence-corrected chi connectivity index (χ2v) is 3.17. The molecule has 0 aliphatic heterocycles. The first-order chi connectivity index (χ1) is 6.24. The zero-order valence-corrected chi connectivity index (χ0v) is 8.72. The summed E-state index contributed by atoms with van der Waals surface area (Å²) in [6.45, 7) is 2.68. The van der Waals surface area contributed by atoms with Crippen molar-refractivity contribution in [2.45, 2.75) is 18.5 Å². The molecule has 0 spiro atoms. The molecule has 0 fully saturated rings. The highest BCUT2D eigenvalue weighted by Gasteiger charge is 2.17. The van der Waals surface area contributed by atoms with Gasteiger partial charge in [0.2, 0.25) is 0 Å². The highest BCUT2D eigenvalue weighted by Crippen LogP contribution is 2.18. The van der Waals surface area contributed by atoms with Crippen molar-refractivity contribution in [2.75, 3.05) is 13.4 Å². The molecule has 0 N–H and O–H groups in total. The zero-order valence-electron chi connectivity index (χ0n) is 7.90. The van der Waals surface area contributed by atoms with Crippen molar-refractivity contribution in [3.8, 4) is 0 Å². The third-order valence-corrected chi connectivity index (χ3v) is 2.40. The fourth-order valence-corrected chi connectivity index (χ4v) is 1.60. The lowest BCUT2D eigenvalue weighted by Crippen LogP contribution is -2.10. The number of imidazole rings is 1. The number of carbonyl (C=O) groups excluding carboxylic acids is 1. The van der Waals surface area contributed by atoms with E-state index in [1.807, 2.05) is 13.2 Å². The summed E-state index contributed by atoms with van der Waals surface area (Å²) in [6.07, 6.45) is 3.53. The molecule has 1 aromatic heterocycles. The molecule has 0 aromatic carbocycles. The van der Waals surface area contributed by atoms with Crippen molar-refractivity contribution < 1.29 is 9.53 Å². The number of ether oxygens (including phenoxy) is 1. The standard InChI is InChI=1S/C8H12N2O2S/c1-4-10-5-9-7(13-3)6(10)8(11)12-2/h5H,4H2,1-3H3. The van der Waals surface area contributed by atoms with Crippen molar-refractivity contribution in [3.05, 3.63) is 12.0 Å². The van der Waals surface area contributed by atoms with Gasteiger partial charge in [0.15, 0.2) is 5.69 Å². The van der Waals surface area contributed by atoms with E-state index in [0.717, 1.165) is 6.54 Å². The maximum Gasteiger partial charge on any atom is 0.357 e. The van der Waals surface area contributed by atoms with Gasteiger partial charge < -0.3 is 9.30 Å². The molecule has 72 valence electrons. The van der Waals surface area contributed by atoms with Crippen LogP contribution in [-0.2, 0) is 11.3 Å². The average Bonchev–Trinajstić information content (AvgIpc) is 2.59. The lowest BCUT2D eigenvalue weighted by Gasteiger charge is -2.03. The summed E-state index contributed by atoms with van der Waals surface area (Å²) in [4.78, 5) is 15.4. The molecule has 5 heteroatoms.